The Bertz CT molecular complexity index is 870. The van der Waals surface area contributed by atoms with Crippen molar-refractivity contribution in [3.05, 3.63) is 49.4 Å². The van der Waals surface area contributed by atoms with Crippen molar-refractivity contribution in [3.63, 3.8) is 0 Å². The fourth-order valence-electron chi connectivity index (χ4n) is 2.26. The topological polar surface area (TPSA) is 102 Å². The molecule has 0 spiro atoms. The van der Waals surface area contributed by atoms with E-state index in [1.54, 1.807) is 13.8 Å². The number of hydrogen-bond donors (Lipinski definition) is 1. The zero-order chi connectivity index (χ0) is 18.7. The lowest BCUT2D eigenvalue weighted by molar-refractivity contribution is -0.384. The Balaban J connectivity index is 2.49. The number of esters is 1. The van der Waals surface area contributed by atoms with Gasteiger partial charge in [0.25, 0.3) is 5.69 Å². The van der Waals surface area contributed by atoms with E-state index in [-0.39, 0.29) is 23.6 Å². The number of benzene rings is 1. The lowest BCUT2D eigenvalue weighted by atomic mass is 10.1. The van der Waals surface area contributed by atoms with E-state index in [2.05, 4.69) is 4.99 Å². The fourth-order valence-corrected chi connectivity index (χ4v) is 3.25. The number of nitro benzene ring substituents is 1. The van der Waals surface area contributed by atoms with Gasteiger partial charge in [0, 0.05) is 28.8 Å². The molecule has 1 N–H and O–H groups in total. The highest BCUT2D eigenvalue weighted by molar-refractivity contribution is 7.16. The highest BCUT2D eigenvalue weighted by Gasteiger charge is 2.20. The first kappa shape index (κ1) is 18.6. The Hall–Kier alpha value is -2.74. The Morgan fingerprint density at radius 2 is 2.08 bits per heavy atom. The SMILES string of the molecule is CCOC(=O)c1c(/N=C/c2cc([N+](=O)[O-])cc(C)c2O)sc(C)c1C. The average molecular weight is 362 g/mol. The smallest absolute Gasteiger partial charge is 0.341 e. The van der Waals surface area contributed by atoms with E-state index in [1.165, 1.54) is 29.7 Å². The minimum atomic E-state index is -0.534. The third-order valence-electron chi connectivity index (χ3n) is 3.69. The minimum absolute atomic E-state index is 0.0861. The van der Waals surface area contributed by atoms with Crippen molar-refractivity contribution < 1.29 is 19.6 Å². The summed E-state index contributed by atoms with van der Waals surface area (Å²) in [6, 6.07) is 2.53. The van der Waals surface area contributed by atoms with Crippen molar-refractivity contribution in [3.8, 4) is 5.75 Å². The van der Waals surface area contributed by atoms with Crippen LogP contribution in [-0.2, 0) is 4.74 Å². The van der Waals surface area contributed by atoms with Gasteiger partial charge in [-0.15, -0.1) is 11.3 Å². The summed E-state index contributed by atoms with van der Waals surface area (Å²) in [6.45, 7) is 7.23. The number of phenols is 1. The van der Waals surface area contributed by atoms with Crippen LogP contribution >= 0.6 is 11.3 Å². The van der Waals surface area contributed by atoms with Crippen LogP contribution < -0.4 is 0 Å². The second-order valence-corrected chi connectivity index (χ2v) is 6.60. The number of non-ortho nitro benzene ring substituents is 1. The fraction of sp³-hybridized carbons (Fsp3) is 0.294. The minimum Gasteiger partial charge on any atom is -0.507 e. The standard InChI is InChI=1S/C17H18N2O5S/c1-5-24-17(21)14-10(3)11(4)25-16(14)18-8-12-7-13(19(22)23)6-9(2)15(12)20/h6-8,20H,5H2,1-4H3/b18-8+. The van der Waals surface area contributed by atoms with Gasteiger partial charge < -0.3 is 9.84 Å². The molecule has 0 aliphatic carbocycles. The molecule has 7 nitrogen and oxygen atoms in total. The molecule has 1 aromatic heterocycles. The number of thiophene rings is 1. The first-order valence-corrected chi connectivity index (χ1v) is 8.37. The molecule has 0 atom stereocenters. The summed E-state index contributed by atoms with van der Waals surface area (Å²) >= 11 is 1.32. The summed E-state index contributed by atoms with van der Waals surface area (Å²) in [5, 5.41) is 21.5. The summed E-state index contributed by atoms with van der Waals surface area (Å²) in [7, 11) is 0. The zero-order valence-electron chi connectivity index (χ0n) is 14.3. The molecule has 8 heteroatoms. The van der Waals surface area contributed by atoms with Crippen LogP contribution in [-0.4, -0.2) is 28.8 Å². The molecule has 0 fully saturated rings. The zero-order valence-corrected chi connectivity index (χ0v) is 15.1. The van der Waals surface area contributed by atoms with E-state index in [0.717, 1.165) is 10.4 Å². The van der Waals surface area contributed by atoms with Crippen LogP contribution in [0.2, 0.25) is 0 Å². The molecule has 2 rings (SSSR count). The summed E-state index contributed by atoms with van der Waals surface area (Å²) < 4.78 is 5.06. The number of aromatic hydroxyl groups is 1. The van der Waals surface area contributed by atoms with Crippen LogP contribution in [0.4, 0.5) is 10.7 Å². The van der Waals surface area contributed by atoms with Gasteiger partial charge in [0.15, 0.2) is 0 Å². The lowest BCUT2D eigenvalue weighted by Crippen LogP contribution is -2.05. The molecule has 1 aromatic carbocycles. The van der Waals surface area contributed by atoms with Crippen LogP contribution in [0.5, 0.6) is 5.75 Å². The quantitative estimate of drug-likeness (QED) is 0.371. The number of aryl methyl sites for hydroxylation is 2. The first-order chi connectivity index (χ1) is 11.8. The number of carbonyl (C=O) groups excluding carboxylic acids is 1. The third-order valence-corrected chi connectivity index (χ3v) is 4.81. The van der Waals surface area contributed by atoms with Crippen molar-refractivity contribution in [2.45, 2.75) is 27.7 Å². The molecule has 0 unspecified atom stereocenters. The molecule has 0 saturated carbocycles. The van der Waals surface area contributed by atoms with Gasteiger partial charge in [0.2, 0.25) is 0 Å². The molecule has 25 heavy (non-hydrogen) atoms. The van der Waals surface area contributed by atoms with Crippen LogP contribution in [0.1, 0.15) is 38.8 Å². The number of carbonyl (C=O) groups is 1. The van der Waals surface area contributed by atoms with Gasteiger partial charge in [-0.3, -0.25) is 10.1 Å². The van der Waals surface area contributed by atoms with Crippen molar-refractivity contribution in [1.29, 1.82) is 0 Å². The third kappa shape index (κ3) is 3.85. The average Bonchev–Trinajstić information content (AvgIpc) is 2.83. The number of aliphatic imine (C=N–C) groups is 1. The molecular weight excluding hydrogens is 344 g/mol. The molecule has 132 valence electrons. The molecule has 0 aliphatic rings. The summed E-state index contributed by atoms with van der Waals surface area (Å²) in [4.78, 5) is 27.8. The Morgan fingerprint density at radius 1 is 1.40 bits per heavy atom. The highest BCUT2D eigenvalue weighted by Crippen LogP contribution is 2.36. The van der Waals surface area contributed by atoms with Crippen LogP contribution in [0.25, 0.3) is 0 Å². The van der Waals surface area contributed by atoms with Crippen LogP contribution in [0.15, 0.2) is 17.1 Å². The molecule has 0 bridgehead atoms. The predicted octanol–water partition coefficient (Wildman–Crippen LogP) is 4.21. The van der Waals surface area contributed by atoms with E-state index in [4.69, 9.17) is 4.74 Å². The summed E-state index contributed by atoms with van der Waals surface area (Å²) in [5.41, 5.74) is 1.61. The molecule has 0 amide bonds. The number of nitrogens with zero attached hydrogens (tertiary/aromatic N) is 2. The maximum Gasteiger partial charge on any atom is 0.341 e. The molecule has 2 aromatic rings. The lowest BCUT2D eigenvalue weighted by Gasteiger charge is -2.04. The van der Waals surface area contributed by atoms with E-state index in [1.807, 2.05) is 13.8 Å². The molecule has 1 heterocycles. The number of phenolic OH excluding ortho intramolecular Hbond substituents is 1. The highest BCUT2D eigenvalue weighted by atomic mass is 32.1. The van der Waals surface area contributed by atoms with Gasteiger partial charge in [-0.2, -0.15) is 0 Å². The van der Waals surface area contributed by atoms with Crippen LogP contribution in [0.3, 0.4) is 0 Å². The van der Waals surface area contributed by atoms with Gasteiger partial charge in [0.1, 0.15) is 10.8 Å². The van der Waals surface area contributed by atoms with Crippen molar-refractivity contribution in [2.24, 2.45) is 4.99 Å². The maximum atomic E-state index is 12.1. The van der Waals surface area contributed by atoms with Gasteiger partial charge in [-0.25, -0.2) is 9.79 Å². The number of hydrogen-bond acceptors (Lipinski definition) is 7. The largest absolute Gasteiger partial charge is 0.507 e. The van der Waals surface area contributed by atoms with Crippen molar-refractivity contribution in [1.82, 2.24) is 0 Å². The molecular formula is C17H18N2O5S. The monoisotopic (exact) mass is 362 g/mol. The van der Waals surface area contributed by atoms with E-state index in [9.17, 15) is 20.0 Å². The van der Waals surface area contributed by atoms with Gasteiger partial charge in [-0.1, -0.05) is 0 Å². The maximum absolute atomic E-state index is 12.1. The number of ether oxygens (including phenoxy) is 1. The van der Waals surface area contributed by atoms with E-state index < -0.39 is 10.9 Å². The molecule has 0 aliphatic heterocycles. The molecule has 0 radical (unpaired) electrons. The second kappa shape index (κ2) is 7.43. The Labute approximate surface area is 148 Å². The summed E-state index contributed by atoms with van der Waals surface area (Å²) in [5.74, 6) is -0.548. The van der Waals surface area contributed by atoms with E-state index in [0.29, 0.717) is 16.1 Å². The normalized spacial score (nSPS) is 11.0. The van der Waals surface area contributed by atoms with Crippen molar-refractivity contribution in [2.75, 3.05) is 6.61 Å². The number of rotatable bonds is 5. The first-order valence-electron chi connectivity index (χ1n) is 7.55. The van der Waals surface area contributed by atoms with Crippen molar-refractivity contribution >= 4 is 34.2 Å². The molecule has 0 saturated heterocycles. The van der Waals surface area contributed by atoms with Gasteiger partial charge in [-0.05, 0) is 38.8 Å². The number of nitro groups is 1. The van der Waals surface area contributed by atoms with Crippen LogP contribution in [0, 0.1) is 30.9 Å². The second-order valence-electron chi connectivity index (χ2n) is 5.40. The summed E-state index contributed by atoms with van der Waals surface area (Å²) in [6.07, 6.45) is 1.32. The Kier molecular flexibility index (Phi) is 5.53. The van der Waals surface area contributed by atoms with E-state index >= 15 is 0 Å². The predicted molar refractivity (Wildman–Crippen MR) is 96.5 cm³/mol. The Morgan fingerprint density at radius 3 is 2.68 bits per heavy atom. The van der Waals surface area contributed by atoms with Gasteiger partial charge in [0.05, 0.1) is 17.1 Å². The van der Waals surface area contributed by atoms with Gasteiger partial charge >= 0.3 is 5.97 Å².